The number of hydrogen-bond acceptors (Lipinski definition) is 7. The van der Waals surface area contributed by atoms with Crippen molar-refractivity contribution in [3.8, 4) is 11.5 Å². The van der Waals surface area contributed by atoms with Crippen molar-refractivity contribution in [3.63, 3.8) is 0 Å². The zero-order valence-corrected chi connectivity index (χ0v) is 19.8. The number of thiophene rings is 1. The second-order valence-corrected chi connectivity index (χ2v) is 11.0. The first kappa shape index (κ1) is 22.0. The highest BCUT2D eigenvalue weighted by molar-refractivity contribution is 7.91. The molecule has 1 aromatic carbocycles. The zero-order valence-electron chi connectivity index (χ0n) is 17.4. The minimum absolute atomic E-state index is 0.247. The van der Waals surface area contributed by atoms with Gasteiger partial charge in [-0.25, -0.2) is 8.42 Å². The molecule has 2 aromatic heterocycles. The van der Waals surface area contributed by atoms with Gasteiger partial charge >= 0.3 is 0 Å². The molecule has 1 amide bonds. The van der Waals surface area contributed by atoms with E-state index in [1.807, 2.05) is 23.6 Å². The lowest BCUT2D eigenvalue weighted by Crippen LogP contribution is -2.40. The number of carbonyl (C=O) groups excluding carboxylic acids is 1. The van der Waals surface area contributed by atoms with Crippen molar-refractivity contribution in [1.29, 1.82) is 0 Å². The Hall–Kier alpha value is -2.21. The number of benzene rings is 1. The number of aromatic nitrogens is 1. The Morgan fingerprint density at radius 3 is 2.65 bits per heavy atom. The quantitative estimate of drug-likeness (QED) is 0.540. The number of hydrogen-bond donors (Lipinski definition) is 0. The van der Waals surface area contributed by atoms with E-state index < -0.39 is 22.0 Å². The molecule has 0 radical (unpaired) electrons. The maximum Gasteiger partial charge on any atom is 0.266 e. The van der Waals surface area contributed by atoms with Gasteiger partial charge < -0.3 is 14.0 Å². The monoisotopic (exact) mass is 481 g/mol. The number of rotatable bonds is 6. The molecule has 166 valence electrons. The molecule has 0 saturated carbocycles. The molecule has 1 atom stereocenters. The lowest BCUT2D eigenvalue weighted by molar-refractivity contribution is -0.121. The number of nitrogens with zero attached hydrogens (tertiary/aromatic N) is 3. The fraction of sp³-hybridized carbons (Fsp3) is 0.400. The molecule has 8 nitrogen and oxygen atoms in total. The molecule has 4 rings (SSSR count). The summed E-state index contributed by atoms with van der Waals surface area (Å²) < 4.78 is 41.1. The first-order valence-electron chi connectivity index (χ1n) is 9.80. The Bertz CT molecular complexity index is 1280. The fourth-order valence-electron chi connectivity index (χ4n) is 3.76. The predicted molar refractivity (Wildman–Crippen MR) is 120 cm³/mol. The van der Waals surface area contributed by atoms with Gasteiger partial charge in [0.15, 0.2) is 16.3 Å². The van der Waals surface area contributed by atoms with E-state index in [9.17, 15) is 13.2 Å². The summed E-state index contributed by atoms with van der Waals surface area (Å²) in [6, 6.07) is 6.19. The second-order valence-electron chi connectivity index (χ2n) is 6.96. The van der Waals surface area contributed by atoms with Gasteiger partial charge in [-0.1, -0.05) is 17.4 Å². The molecule has 1 saturated heterocycles. The predicted octanol–water partition coefficient (Wildman–Crippen LogP) is 3.08. The third-order valence-corrected chi connectivity index (χ3v) is 9.58. The molecule has 3 aromatic rings. The van der Waals surface area contributed by atoms with Gasteiger partial charge in [0.2, 0.25) is 0 Å². The summed E-state index contributed by atoms with van der Waals surface area (Å²) >= 11 is 2.52. The standard InChI is InChI=1S/C20H23N3O5S3/c1-4-22-14-11-15(27-2)16(28-3)12-17(14)30-20(22)21-19(24)13-7-5-9-23(13)31(25,26)18-8-6-10-29-18/h6,8,10-13H,4-5,7,9H2,1-3H3. The summed E-state index contributed by atoms with van der Waals surface area (Å²) in [5.74, 6) is 0.753. The van der Waals surface area contributed by atoms with Crippen molar-refractivity contribution in [2.24, 2.45) is 4.99 Å². The number of aryl methyl sites for hydroxylation is 1. The summed E-state index contributed by atoms with van der Waals surface area (Å²) in [6.07, 6.45) is 1.09. The van der Waals surface area contributed by atoms with Crippen LogP contribution in [0.5, 0.6) is 11.5 Å². The molecule has 11 heteroatoms. The first-order valence-corrected chi connectivity index (χ1v) is 12.9. The molecule has 0 bridgehead atoms. The van der Waals surface area contributed by atoms with Gasteiger partial charge in [0, 0.05) is 25.2 Å². The van der Waals surface area contributed by atoms with Gasteiger partial charge in [0.25, 0.3) is 15.9 Å². The summed E-state index contributed by atoms with van der Waals surface area (Å²) in [5.41, 5.74) is 0.881. The average molecular weight is 482 g/mol. The highest BCUT2D eigenvalue weighted by atomic mass is 32.2. The molecule has 1 aliphatic heterocycles. The van der Waals surface area contributed by atoms with Crippen LogP contribution in [0.25, 0.3) is 10.2 Å². The van der Waals surface area contributed by atoms with Crippen LogP contribution in [0, 0.1) is 0 Å². The van der Waals surface area contributed by atoms with Crippen LogP contribution < -0.4 is 14.3 Å². The topological polar surface area (TPSA) is 90.2 Å². The number of amides is 1. The van der Waals surface area contributed by atoms with E-state index in [1.54, 1.807) is 31.7 Å². The van der Waals surface area contributed by atoms with Crippen molar-refractivity contribution in [3.05, 3.63) is 34.4 Å². The van der Waals surface area contributed by atoms with Crippen molar-refractivity contribution in [2.45, 2.75) is 36.6 Å². The second kappa shape index (κ2) is 8.73. The van der Waals surface area contributed by atoms with Gasteiger partial charge in [-0.05, 0) is 31.2 Å². The highest BCUT2D eigenvalue weighted by Crippen LogP contribution is 2.33. The summed E-state index contributed by atoms with van der Waals surface area (Å²) in [7, 11) is -0.560. The molecular formula is C20H23N3O5S3. The maximum atomic E-state index is 13.1. The van der Waals surface area contributed by atoms with Gasteiger partial charge in [-0.3, -0.25) is 4.79 Å². The molecule has 31 heavy (non-hydrogen) atoms. The third kappa shape index (κ3) is 3.91. The lowest BCUT2D eigenvalue weighted by atomic mass is 10.2. The van der Waals surface area contributed by atoms with E-state index in [-0.39, 0.29) is 4.21 Å². The van der Waals surface area contributed by atoms with Crippen molar-refractivity contribution >= 4 is 48.8 Å². The first-order chi connectivity index (χ1) is 14.9. The van der Waals surface area contributed by atoms with Crippen LogP contribution in [0.15, 0.2) is 38.8 Å². The van der Waals surface area contributed by atoms with Crippen molar-refractivity contribution in [1.82, 2.24) is 8.87 Å². The molecule has 1 aliphatic rings. The van der Waals surface area contributed by atoms with E-state index in [1.165, 1.54) is 15.6 Å². The van der Waals surface area contributed by atoms with Crippen LogP contribution in [0.1, 0.15) is 19.8 Å². The van der Waals surface area contributed by atoms with Crippen molar-refractivity contribution in [2.75, 3.05) is 20.8 Å². The van der Waals surface area contributed by atoms with Crippen LogP contribution in [-0.2, 0) is 21.4 Å². The summed E-state index contributed by atoms with van der Waals surface area (Å²) in [5, 5.41) is 1.72. The minimum Gasteiger partial charge on any atom is -0.493 e. The summed E-state index contributed by atoms with van der Waals surface area (Å²) in [6.45, 7) is 2.89. The van der Waals surface area contributed by atoms with Crippen molar-refractivity contribution < 1.29 is 22.7 Å². The minimum atomic E-state index is -3.71. The Morgan fingerprint density at radius 2 is 2.00 bits per heavy atom. The van der Waals surface area contributed by atoms with Crippen LogP contribution in [0.4, 0.5) is 0 Å². The van der Waals surface area contributed by atoms with E-state index in [0.717, 1.165) is 21.6 Å². The Kier molecular flexibility index (Phi) is 6.20. The largest absolute Gasteiger partial charge is 0.493 e. The smallest absolute Gasteiger partial charge is 0.266 e. The van der Waals surface area contributed by atoms with E-state index in [2.05, 4.69) is 4.99 Å². The normalized spacial score (nSPS) is 18.0. The lowest BCUT2D eigenvalue weighted by Gasteiger charge is -2.20. The Labute approximate surface area is 188 Å². The fourth-order valence-corrected chi connectivity index (χ4v) is 7.64. The number of carbonyl (C=O) groups is 1. The zero-order chi connectivity index (χ0) is 22.2. The molecule has 1 unspecified atom stereocenters. The summed E-state index contributed by atoms with van der Waals surface area (Å²) in [4.78, 5) is 18.0. The maximum absolute atomic E-state index is 13.1. The number of sulfonamides is 1. The molecule has 1 fully saturated rings. The van der Waals surface area contributed by atoms with Crippen LogP contribution >= 0.6 is 22.7 Å². The number of ether oxygens (including phenoxy) is 2. The van der Waals surface area contributed by atoms with E-state index in [4.69, 9.17) is 9.47 Å². The van der Waals surface area contributed by atoms with Gasteiger partial charge in [0.1, 0.15) is 10.3 Å². The van der Waals surface area contributed by atoms with E-state index in [0.29, 0.717) is 42.2 Å². The molecular weight excluding hydrogens is 458 g/mol. The number of fused-ring (bicyclic) bond motifs is 1. The Morgan fingerprint density at radius 1 is 1.26 bits per heavy atom. The van der Waals surface area contributed by atoms with Crippen LogP contribution in [-0.4, -0.2) is 50.0 Å². The highest BCUT2D eigenvalue weighted by Gasteiger charge is 2.40. The van der Waals surface area contributed by atoms with Crippen LogP contribution in [0.3, 0.4) is 0 Å². The van der Waals surface area contributed by atoms with Gasteiger partial charge in [-0.2, -0.15) is 9.30 Å². The van der Waals surface area contributed by atoms with Gasteiger partial charge in [0.05, 0.1) is 24.4 Å². The molecule has 0 spiro atoms. The molecule has 0 N–H and O–H groups in total. The van der Waals surface area contributed by atoms with Crippen LogP contribution in [0.2, 0.25) is 0 Å². The third-order valence-electron chi connectivity index (χ3n) is 5.26. The SMILES string of the molecule is CCn1c(=NC(=O)C2CCCN2S(=O)(=O)c2cccs2)sc2cc(OC)c(OC)cc21. The number of thiazole rings is 1. The number of methoxy groups -OCH3 is 2. The van der Waals surface area contributed by atoms with E-state index >= 15 is 0 Å². The Balaban J connectivity index is 1.75. The average Bonchev–Trinajstić information content (AvgIpc) is 3.52. The molecule has 0 aliphatic carbocycles. The molecule has 3 heterocycles. The van der Waals surface area contributed by atoms with Gasteiger partial charge in [-0.15, -0.1) is 11.3 Å².